The number of carboxylic acids is 1. The van der Waals surface area contributed by atoms with Gasteiger partial charge in [0.2, 0.25) is 0 Å². The molecule has 0 radical (unpaired) electrons. The maximum absolute atomic E-state index is 12.3. The van der Waals surface area contributed by atoms with Gasteiger partial charge in [0, 0.05) is 39.7 Å². The van der Waals surface area contributed by atoms with Crippen molar-refractivity contribution in [1.29, 1.82) is 0 Å². The molecule has 2 N–H and O–H groups in total. The van der Waals surface area contributed by atoms with E-state index in [2.05, 4.69) is 46.6 Å². The van der Waals surface area contributed by atoms with Crippen LogP contribution in [0, 0.1) is 10.8 Å². The monoisotopic (exact) mass is 404 g/mol. The second kappa shape index (κ2) is 5.58. The first-order chi connectivity index (χ1) is 11.7. The third-order valence-electron chi connectivity index (χ3n) is 5.99. The molecular formula is C20H25BrN2O2. The number of aromatic amines is 1. The van der Waals surface area contributed by atoms with Crippen LogP contribution in [0.15, 0.2) is 28.9 Å². The SMILES string of the molecule is CC1(C)C[C@H]2C[C@](C)(CN2[C@H](C(=O)O)c2c[nH]c3cc(Br)ccc23)C1. The molecule has 0 spiro atoms. The van der Waals surface area contributed by atoms with Gasteiger partial charge >= 0.3 is 5.97 Å². The molecule has 2 fully saturated rings. The minimum atomic E-state index is -0.752. The van der Waals surface area contributed by atoms with Gasteiger partial charge in [0.25, 0.3) is 0 Å². The van der Waals surface area contributed by atoms with Gasteiger partial charge in [-0.3, -0.25) is 9.69 Å². The molecular weight excluding hydrogens is 380 g/mol. The topological polar surface area (TPSA) is 56.3 Å². The summed E-state index contributed by atoms with van der Waals surface area (Å²) < 4.78 is 0.992. The van der Waals surface area contributed by atoms with Gasteiger partial charge in [0.15, 0.2) is 0 Å². The Kier molecular flexibility index (Phi) is 3.82. The van der Waals surface area contributed by atoms with Crippen LogP contribution in [-0.2, 0) is 4.79 Å². The number of nitrogens with zero attached hydrogens (tertiary/aromatic N) is 1. The number of hydrogen-bond donors (Lipinski definition) is 2. The highest BCUT2D eigenvalue weighted by molar-refractivity contribution is 9.10. The van der Waals surface area contributed by atoms with Crippen LogP contribution in [0.5, 0.6) is 0 Å². The van der Waals surface area contributed by atoms with Crippen molar-refractivity contribution in [3.05, 3.63) is 34.4 Å². The maximum atomic E-state index is 12.3. The first kappa shape index (κ1) is 17.1. The zero-order chi connectivity index (χ0) is 18.0. The highest BCUT2D eigenvalue weighted by Crippen LogP contribution is 2.54. The Morgan fingerprint density at radius 1 is 1.36 bits per heavy atom. The van der Waals surface area contributed by atoms with E-state index in [-0.39, 0.29) is 10.8 Å². The summed E-state index contributed by atoms with van der Waals surface area (Å²) in [5.41, 5.74) is 2.35. The number of hydrogen-bond acceptors (Lipinski definition) is 2. The quantitative estimate of drug-likeness (QED) is 0.759. The third-order valence-corrected chi connectivity index (χ3v) is 6.48. The van der Waals surface area contributed by atoms with Crippen molar-refractivity contribution in [2.45, 2.75) is 52.1 Å². The summed E-state index contributed by atoms with van der Waals surface area (Å²) in [6.45, 7) is 7.83. The Morgan fingerprint density at radius 2 is 2.12 bits per heavy atom. The molecule has 1 saturated heterocycles. The number of benzene rings is 1. The van der Waals surface area contributed by atoms with Crippen molar-refractivity contribution in [3.63, 3.8) is 0 Å². The molecule has 1 aliphatic carbocycles. The summed E-state index contributed by atoms with van der Waals surface area (Å²) >= 11 is 3.48. The zero-order valence-electron chi connectivity index (χ0n) is 15.0. The van der Waals surface area contributed by atoms with Crippen LogP contribution >= 0.6 is 15.9 Å². The second-order valence-electron chi connectivity index (χ2n) is 9.06. The number of halogens is 1. The number of aliphatic carboxylic acids is 1. The zero-order valence-corrected chi connectivity index (χ0v) is 16.6. The number of carbonyl (C=O) groups is 1. The Balaban J connectivity index is 1.76. The van der Waals surface area contributed by atoms with Crippen LogP contribution in [0.25, 0.3) is 10.9 Å². The molecule has 0 unspecified atom stereocenters. The fourth-order valence-electron chi connectivity index (χ4n) is 5.61. The molecule has 2 heterocycles. The smallest absolute Gasteiger partial charge is 0.325 e. The highest BCUT2D eigenvalue weighted by atomic mass is 79.9. The lowest BCUT2D eigenvalue weighted by molar-refractivity contribution is -0.144. The van der Waals surface area contributed by atoms with E-state index < -0.39 is 12.0 Å². The minimum absolute atomic E-state index is 0.218. The van der Waals surface area contributed by atoms with Gasteiger partial charge < -0.3 is 10.1 Å². The van der Waals surface area contributed by atoms with E-state index in [0.717, 1.165) is 40.3 Å². The molecule has 1 aliphatic heterocycles. The lowest BCUT2D eigenvalue weighted by atomic mass is 9.65. The molecule has 2 bridgehead atoms. The van der Waals surface area contributed by atoms with Gasteiger partial charge in [-0.25, -0.2) is 0 Å². The summed E-state index contributed by atoms with van der Waals surface area (Å²) in [5.74, 6) is -0.752. The van der Waals surface area contributed by atoms with Gasteiger partial charge in [-0.2, -0.15) is 0 Å². The van der Waals surface area contributed by atoms with Gasteiger partial charge in [0.05, 0.1) is 0 Å². The molecule has 5 heteroatoms. The fourth-order valence-corrected chi connectivity index (χ4v) is 5.97. The minimum Gasteiger partial charge on any atom is -0.480 e. The van der Waals surface area contributed by atoms with Crippen molar-refractivity contribution in [2.24, 2.45) is 10.8 Å². The predicted molar refractivity (Wildman–Crippen MR) is 103 cm³/mol. The summed E-state index contributed by atoms with van der Waals surface area (Å²) in [6.07, 6.45) is 5.22. The number of nitrogens with one attached hydrogen (secondary N) is 1. The molecule has 2 aliphatic rings. The molecule has 3 atom stereocenters. The molecule has 2 aromatic rings. The van der Waals surface area contributed by atoms with E-state index in [1.165, 1.54) is 6.42 Å². The summed E-state index contributed by atoms with van der Waals surface area (Å²) in [7, 11) is 0. The van der Waals surface area contributed by atoms with E-state index in [9.17, 15) is 9.90 Å². The van der Waals surface area contributed by atoms with Crippen molar-refractivity contribution >= 4 is 32.8 Å². The normalized spacial score (nSPS) is 29.8. The summed E-state index contributed by atoms with van der Waals surface area (Å²) in [5, 5.41) is 11.1. The average Bonchev–Trinajstić information content (AvgIpc) is 2.97. The Labute approximate surface area is 156 Å². The molecule has 1 aromatic carbocycles. The van der Waals surface area contributed by atoms with Crippen molar-refractivity contribution in [1.82, 2.24) is 9.88 Å². The van der Waals surface area contributed by atoms with Crippen molar-refractivity contribution in [2.75, 3.05) is 6.54 Å². The fraction of sp³-hybridized carbons (Fsp3) is 0.550. The van der Waals surface area contributed by atoms with Crippen LogP contribution in [0.3, 0.4) is 0 Å². The van der Waals surface area contributed by atoms with Crippen LogP contribution in [0.4, 0.5) is 0 Å². The lowest BCUT2D eigenvalue weighted by Crippen LogP contribution is -2.39. The first-order valence-electron chi connectivity index (χ1n) is 8.93. The highest BCUT2D eigenvalue weighted by Gasteiger charge is 2.52. The Morgan fingerprint density at radius 3 is 2.84 bits per heavy atom. The Hall–Kier alpha value is -1.33. The van der Waals surface area contributed by atoms with E-state index in [1.54, 1.807) is 0 Å². The van der Waals surface area contributed by atoms with Gasteiger partial charge in [0.1, 0.15) is 6.04 Å². The lowest BCUT2D eigenvalue weighted by Gasteiger charge is -2.40. The molecule has 1 saturated carbocycles. The molecule has 1 aromatic heterocycles. The van der Waals surface area contributed by atoms with E-state index in [1.807, 2.05) is 24.4 Å². The van der Waals surface area contributed by atoms with Crippen molar-refractivity contribution < 1.29 is 9.90 Å². The Bertz CT molecular complexity index is 843. The third kappa shape index (κ3) is 2.91. The van der Waals surface area contributed by atoms with Gasteiger partial charge in [-0.15, -0.1) is 0 Å². The molecule has 4 nitrogen and oxygen atoms in total. The molecule has 25 heavy (non-hydrogen) atoms. The molecule has 4 rings (SSSR count). The predicted octanol–water partition coefficient (Wildman–Crippen LogP) is 4.96. The van der Waals surface area contributed by atoms with Gasteiger partial charge in [-0.1, -0.05) is 42.8 Å². The number of carboxylic acid groups (broad SMARTS) is 1. The average molecular weight is 405 g/mol. The van der Waals surface area contributed by atoms with Crippen LogP contribution in [0.2, 0.25) is 0 Å². The number of fused-ring (bicyclic) bond motifs is 3. The van der Waals surface area contributed by atoms with E-state index in [4.69, 9.17) is 0 Å². The maximum Gasteiger partial charge on any atom is 0.325 e. The number of H-pyrrole nitrogens is 1. The number of aromatic nitrogens is 1. The first-order valence-corrected chi connectivity index (χ1v) is 9.72. The van der Waals surface area contributed by atoms with Crippen LogP contribution < -0.4 is 0 Å². The van der Waals surface area contributed by atoms with Gasteiger partial charge in [-0.05, 0) is 42.2 Å². The largest absolute Gasteiger partial charge is 0.480 e. The standard InChI is InChI=1S/C20H25BrN2O2/c1-19(2)7-13-8-20(3,10-19)11-23(13)17(18(24)25)15-9-22-16-6-12(21)4-5-14(15)16/h4-6,9,13,17,22H,7-8,10-11H2,1-3H3,(H,24,25)/t13-,17-,20-/m0/s1. The number of rotatable bonds is 3. The van der Waals surface area contributed by atoms with Crippen molar-refractivity contribution in [3.8, 4) is 0 Å². The molecule has 134 valence electrons. The van der Waals surface area contributed by atoms with E-state index in [0.29, 0.717) is 6.04 Å². The number of likely N-dealkylation sites (tertiary alicyclic amines) is 1. The van der Waals surface area contributed by atoms with Crippen LogP contribution in [-0.4, -0.2) is 33.5 Å². The summed E-state index contributed by atoms with van der Waals surface area (Å²) in [4.78, 5) is 17.8. The summed E-state index contributed by atoms with van der Waals surface area (Å²) in [6, 6.07) is 5.75. The van der Waals surface area contributed by atoms with Crippen LogP contribution in [0.1, 0.15) is 51.6 Å². The van der Waals surface area contributed by atoms with E-state index >= 15 is 0 Å². The molecule has 0 amide bonds. The second-order valence-corrected chi connectivity index (χ2v) is 9.98.